The molecule has 14 heteroatoms. The zero-order chi connectivity index (χ0) is 30.7. The molecule has 0 saturated heterocycles. The number of anilines is 2. The minimum absolute atomic E-state index is 0.0151. The highest BCUT2D eigenvalue weighted by molar-refractivity contribution is 7.92. The Balaban J connectivity index is 1.57. The number of carbonyl (C=O) groups is 1. The van der Waals surface area contributed by atoms with Gasteiger partial charge in [-0.25, -0.2) is 27.2 Å². The monoisotopic (exact) mass is 625 g/mol. The van der Waals surface area contributed by atoms with Crippen molar-refractivity contribution in [3.63, 3.8) is 0 Å². The molecule has 1 saturated carbocycles. The third kappa shape index (κ3) is 6.15. The molecular weight excluding hydrogens is 596 g/mol. The van der Waals surface area contributed by atoms with Crippen LogP contribution in [0.1, 0.15) is 43.4 Å². The molecule has 6 rings (SSSR count). The Labute approximate surface area is 250 Å². The average Bonchev–Trinajstić information content (AvgIpc) is 3.35. The smallest absolute Gasteiger partial charge is 0.231 e. The maximum Gasteiger partial charge on any atom is 0.231 e. The van der Waals surface area contributed by atoms with Gasteiger partial charge in [0.2, 0.25) is 15.9 Å². The van der Waals surface area contributed by atoms with E-state index in [9.17, 15) is 22.0 Å². The van der Waals surface area contributed by atoms with Gasteiger partial charge in [0.25, 0.3) is 0 Å². The van der Waals surface area contributed by atoms with Crippen LogP contribution in [0.25, 0.3) is 32.4 Å². The Bertz CT molecular complexity index is 2000. The van der Waals surface area contributed by atoms with E-state index in [1.165, 1.54) is 23.5 Å². The summed E-state index contributed by atoms with van der Waals surface area (Å²) in [5, 5.41) is 9.15. The van der Waals surface area contributed by atoms with Crippen LogP contribution >= 0.6 is 11.3 Å². The van der Waals surface area contributed by atoms with Crippen LogP contribution in [0.2, 0.25) is 0 Å². The lowest BCUT2D eigenvalue weighted by Crippen LogP contribution is -2.18. The second-order valence-corrected chi connectivity index (χ2v) is 14.1. The third-order valence-electron chi connectivity index (χ3n) is 7.50. The van der Waals surface area contributed by atoms with Gasteiger partial charge < -0.3 is 11.1 Å². The van der Waals surface area contributed by atoms with E-state index in [4.69, 9.17) is 15.7 Å². The maximum absolute atomic E-state index is 14.2. The van der Waals surface area contributed by atoms with Crippen LogP contribution in [0, 0.1) is 11.6 Å². The number of hydrogen-bond donors (Lipinski definition) is 3. The molecule has 2 aromatic carbocycles. The van der Waals surface area contributed by atoms with E-state index in [1.54, 1.807) is 23.9 Å². The van der Waals surface area contributed by atoms with Crippen molar-refractivity contribution in [3.8, 4) is 11.1 Å². The second-order valence-electron chi connectivity index (χ2n) is 11.3. The molecular formula is C29H29F2N7O3S2. The summed E-state index contributed by atoms with van der Waals surface area (Å²) in [6, 6.07) is 10.6. The number of aryl methyl sites for hydroxylation is 1. The first kappa shape index (κ1) is 28.9. The van der Waals surface area contributed by atoms with Crippen LogP contribution in [-0.4, -0.2) is 45.9 Å². The summed E-state index contributed by atoms with van der Waals surface area (Å²) in [7, 11) is -1.91. The molecule has 1 aliphatic rings. The first-order valence-electron chi connectivity index (χ1n) is 13.5. The molecule has 224 valence electrons. The number of carbonyl (C=O) groups excluding carboxylic acids is 1. The second kappa shape index (κ2) is 10.5. The van der Waals surface area contributed by atoms with Gasteiger partial charge in [0.15, 0.2) is 16.6 Å². The van der Waals surface area contributed by atoms with E-state index in [0.29, 0.717) is 44.1 Å². The highest BCUT2D eigenvalue weighted by atomic mass is 32.2. The van der Waals surface area contributed by atoms with Crippen LogP contribution in [0.15, 0.2) is 42.5 Å². The molecule has 3 heterocycles. The Morgan fingerprint density at radius 3 is 2.51 bits per heavy atom. The van der Waals surface area contributed by atoms with Crippen LogP contribution < -0.4 is 15.8 Å². The third-order valence-corrected chi connectivity index (χ3v) is 8.97. The van der Waals surface area contributed by atoms with Gasteiger partial charge >= 0.3 is 0 Å². The van der Waals surface area contributed by atoms with Crippen molar-refractivity contribution < 1.29 is 22.0 Å². The largest absolute Gasteiger partial charge is 0.370 e. The Morgan fingerprint density at radius 2 is 1.86 bits per heavy atom. The normalized spacial score (nSPS) is 15.1. The van der Waals surface area contributed by atoms with Gasteiger partial charge in [0.1, 0.15) is 11.6 Å². The average molecular weight is 626 g/mol. The number of nitrogens with two attached hydrogens (primary N) is 1. The van der Waals surface area contributed by atoms with Crippen molar-refractivity contribution in [2.75, 3.05) is 16.3 Å². The van der Waals surface area contributed by atoms with E-state index in [1.807, 2.05) is 12.1 Å². The molecule has 4 N–H and O–H groups in total. The van der Waals surface area contributed by atoms with Gasteiger partial charge in [-0.2, -0.15) is 5.10 Å². The molecule has 43 heavy (non-hydrogen) atoms. The van der Waals surface area contributed by atoms with E-state index < -0.39 is 33.5 Å². The fourth-order valence-electron chi connectivity index (χ4n) is 5.36. The number of sulfonamides is 1. The molecule has 1 atom stereocenters. The molecule has 3 aromatic heterocycles. The minimum Gasteiger partial charge on any atom is -0.370 e. The fraction of sp³-hybridized carbons (Fsp3) is 0.310. The van der Waals surface area contributed by atoms with Crippen LogP contribution in [0.5, 0.6) is 0 Å². The lowest BCUT2D eigenvalue weighted by molar-refractivity contribution is -0.118. The molecule has 0 unspecified atom stereocenters. The van der Waals surface area contributed by atoms with E-state index in [2.05, 4.69) is 22.1 Å². The molecule has 0 spiro atoms. The minimum atomic E-state index is -3.61. The predicted octanol–water partition coefficient (Wildman–Crippen LogP) is 5.06. The van der Waals surface area contributed by atoms with Gasteiger partial charge in [-0.3, -0.25) is 14.2 Å². The summed E-state index contributed by atoms with van der Waals surface area (Å²) in [6.45, 7) is 2.12. The van der Waals surface area contributed by atoms with Gasteiger partial charge in [-0.05, 0) is 56.0 Å². The quantitative estimate of drug-likeness (QED) is 0.197. The van der Waals surface area contributed by atoms with Crippen molar-refractivity contribution in [2.24, 2.45) is 12.8 Å². The lowest BCUT2D eigenvalue weighted by atomic mass is 9.87. The zero-order valence-electron chi connectivity index (χ0n) is 23.6. The van der Waals surface area contributed by atoms with Crippen molar-refractivity contribution in [1.29, 1.82) is 0 Å². The highest BCUT2D eigenvalue weighted by Gasteiger charge is 2.38. The molecule has 0 bridgehead atoms. The van der Waals surface area contributed by atoms with Crippen molar-refractivity contribution in [2.45, 2.75) is 44.1 Å². The number of pyridine rings is 1. The molecule has 1 fully saturated rings. The first-order valence-corrected chi connectivity index (χ1v) is 16.2. The number of benzene rings is 2. The van der Waals surface area contributed by atoms with Crippen LogP contribution in [0.3, 0.4) is 0 Å². The number of hydrogen-bond acceptors (Lipinski definition) is 8. The standard InChI is InChI=1S/C29H29F2N7O3S2/c1-29(7-8-29)35-28-34-27-22(42-28)14-21(19-5-4-6-20-25(19)38(2)36-26(20)37-43(3,40)41)24(33-27)16(12-23(32)39)9-15-10-17(30)13-18(31)11-15/h4-6,10-11,13-14,16H,7-9,12H2,1-3H3,(H2,32,39)(H,36,37)(H,33,34,35)/t16-/m0/s1. The molecule has 1 aliphatic carbocycles. The number of aromatic nitrogens is 4. The van der Waals surface area contributed by atoms with Crippen molar-refractivity contribution >= 4 is 59.5 Å². The Morgan fingerprint density at radius 1 is 1.14 bits per heavy atom. The number of halogens is 2. The number of fused-ring (bicyclic) bond motifs is 2. The molecule has 0 aliphatic heterocycles. The Hall–Kier alpha value is -4.17. The van der Waals surface area contributed by atoms with Crippen LogP contribution in [0.4, 0.5) is 19.7 Å². The SMILES string of the molecule is Cn1nc(NS(C)(=O)=O)c2cccc(-c3cc4sc(NC5(C)CC5)nc4nc3[C@H](CC(N)=O)Cc3cc(F)cc(F)c3)c21. The number of amides is 1. The number of nitrogens with zero attached hydrogens (tertiary/aromatic N) is 4. The summed E-state index contributed by atoms with van der Waals surface area (Å²) in [5.74, 6) is -2.55. The van der Waals surface area contributed by atoms with Gasteiger partial charge in [0.05, 0.1) is 22.2 Å². The molecule has 0 radical (unpaired) electrons. The van der Waals surface area contributed by atoms with E-state index in [0.717, 1.165) is 29.9 Å². The Kier molecular flexibility index (Phi) is 7.08. The fourth-order valence-corrected chi connectivity index (χ4v) is 6.85. The van der Waals surface area contributed by atoms with E-state index >= 15 is 0 Å². The van der Waals surface area contributed by atoms with Gasteiger partial charge in [-0.1, -0.05) is 23.5 Å². The summed E-state index contributed by atoms with van der Waals surface area (Å²) >= 11 is 1.45. The van der Waals surface area contributed by atoms with E-state index in [-0.39, 0.29) is 24.2 Å². The number of thiazole rings is 1. The number of para-hydroxylation sites is 1. The van der Waals surface area contributed by atoms with Gasteiger partial charge in [-0.15, -0.1) is 0 Å². The lowest BCUT2D eigenvalue weighted by Gasteiger charge is -2.20. The number of rotatable bonds is 10. The van der Waals surface area contributed by atoms with Crippen LogP contribution in [-0.2, 0) is 28.3 Å². The summed E-state index contributed by atoms with van der Waals surface area (Å²) in [5.41, 5.74) is 8.89. The topological polar surface area (TPSA) is 145 Å². The zero-order valence-corrected chi connectivity index (χ0v) is 25.2. The molecule has 5 aromatic rings. The number of primary amides is 1. The molecule has 1 amide bonds. The summed E-state index contributed by atoms with van der Waals surface area (Å²) in [6.07, 6.45) is 3.06. The summed E-state index contributed by atoms with van der Waals surface area (Å²) < 4.78 is 57.2. The van der Waals surface area contributed by atoms with Gasteiger partial charge in [0, 0.05) is 47.5 Å². The van der Waals surface area contributed by atoms with Crippen molar-refractivity contribution in [1.82, 2.24) is 19.7 Å². The summed E-state index contributed by atoms with van der Waals surface area (Å²) in [4.78, 5) is 22.0. The highest BCUT2D eigenvalue weighted by Crippen LogP contribution is 2.43. The predicted molar refractivity (Wildman–Crippen MR) is 163 cm³/mol. The first-order chi connectivity index (χ1) is 20.3. The molecule has 10 nitrogen and oxygen atoms in total. The number of nitrogens with one attached hydrogen (secondary N) is 2. The van der Waals surface area contributed by atoms with Crippen molar-refractivity contribution in [3.05, 3.63) is 65.4 Å². The maximum atomic E-state index is 14.2.